The summed E-state index contributed by atoms with van der Waals surface area (Å²) in [6.45, 7) is 6.76. The predicted molar refractivity (Wildman–Crippen MR) is 118 cm³/mol. The lowest BCUT2D eigenvalue weighted by molar-refractivity contribution is -0.133. The summed E-state index contributed by atoms with van der Waals surface area (Å²) in [7, 11) is 1.70. The monoisotopic (exact) mass is 435 g/mol. The van der Waals surface area contributed by atoms with Gasteiger partial charge in [0.1, 0.15) is 5.75 Å². The van der Waals surface area contributed by atoms with Crippen molar-refractivity contribution in [2.24, 2.45) is 0 Å². The summed E-state index contributed by atoms with van der Waals surface area (Å²) in [5, 5.41) is 3.46. The fourth-order valence-electron chi connectivity index (χ4n) is 3.56. The number of benzene rings is 1. The molecule has 1 N–H and O–H groups in total. The van der Waals surface area contributed by atoms with Crippen molar-refractivity contribution < 1.29 is 9.53 Å². The van der Waals surface area contributed by atoms with Crippen LogP contribution in [0.3, 0.4) is 0 Å². The first-order chi connectivity index (χ1) is 12.2. The average molecular weight is 436 g/mol. The summed E-state index contributed by atoms with van der Waals surface area (Å²) < 4.78 is 5.33. The number of nitrogens with one attached hydrogen (secondary N) is 1. The molecule has 1 amide bonds. The normalized spacial score (nSPS) is 21.6. The molecule has 2 heterocycles. The molecule has 5 nitrogen and oxygen atoms in total. The Kier molecular flexibility index (Phi) is 10.9. The van der Waals surface area contributed by atoms with Gasteiger partial charge in [-0.3, -0.25) is 9.69 Å². The largest absolute Gasteiger partial charge is 0.497 e. The van der Waals surface area contributed by atoms with Gasteiger partial charge in [0.2, 0.25) is 5.91 Å². The summed E-state index contributed by atoms with van der Waals surface area (Å²) in [5.41, 5.74) is 1.27. The van der Waals surface area contributed by atoms with Gasteiger partial charge in [0.25, 0.3) is 0 Å². The van der Waals surface area contributed by atoms with Crippen LogP contribution in [0, 0.1) is 0 Å². The zero-order valence-corrected chi connectivity index (χ0v) is 18.5. The van der Waals surface area contributed by atoms with Gasteiger partial charge in [0.05, 0.1) is 7.11 Å². The van der Waals surface area contributed by atoms with Crippen LogP contribution in [0.5, 0.6) is 5.75 Å². The number of thioether (sulfide) groups is 1. The zero-order valence-electron chi connectivity index (χ0n) is 16.1. The van der Waals surface area contributed by atoms with Crippen molar-refractivity contribution >= 4 is 42.5 Å². The van der Waals surface area contributed by atoms with Crippen molar-refractivity contribution in [2.75, 3.05) is 51.3 Å². The molecule has 154 valence electrons. The third kappa shape index (κ3) is 6.71. The number of halogens is 2. The van der Waals surface area contributed by atoms with Crippen molar-refractivity contribution in [3.05, 3.63) is 29.8 Å². The zero-order chi connectivity index (χ0) is 17.6. The maximum Gasteiger partial charge on any atom is 0.224 e. The van der Waals surface area contributed by atoms with Crippen molar-refractivity contribution in [3.63, 3.8) is 0 Å². The van der Waals surface area contributed by atoms with E-state index >= 15 is 0 Å². The van der Waals surface area contributed by atoms with E-state index in [-0.39, 0.29) is 24.8 Å². The Labute approximate surface area is 179 Å². The summed E-state index contributed by atoms with van der Waals surface area (Å²) >= 11 is 1.94. The second-order valence-corrected chi connectivity index (χ2v) is 7.95. The van der Waals surface area contributed by atoms with Gasteiger partial charge in [-0.25, -0.2) is 0 Å². The highest BCUT2D eigenvalue weighted by Crippen LogP contribution is 2.25. The molecular weight excluding hydrogens is 405 g/mol. The van der Waals surface area contributed by atoms with Crippen LogP contribution in [0.2, 0.25) is 0 Å². The van der Waals surface area contributed by atoms with E-state index in [0.717, 1.165) is 50.0 Å². The number of methoxy groups -OCH3 is 1. The number of hydrogen-bond acceptors (Lipinski definition) is 5. The molecule has 0 aliphatic carbocycles. The van der Waals surface area contributed by atoms with E-state index in [1.54, 1.807) is 7.11 Å². The van der Waals surface area contributed by atoms with Gasteiger partial charge in [-0.2, -0.15) is 11.8 Å². The number of ether oxygens (including phenoxy) is 1. The molecule has 0 radical (unpaired) electrons. The van der Waals surface area contributed by atoms with Crippen molar-refractivity contribution in [1.82, 2.24) is 15.1 Å². The Balaban J connectivity index is 0.00000182. The number of rotatable bonds is 5. The van der Waals surface area contributed by atoms with Gasteiger partial charge >= 0.3 is 0 Å². The highest BCUT2D eigenvalue weighted by atomic mass is 35.5. The first-order valence-electron chi connectivity index (χ1n) is 9.14. The average Bonchev–Trinajstić information content (AvgIpc) is 2.68. The van der Waals surface area contributed by atoms with Gasteiger partial charge in [0, 0.05) is 62.7 Å². The summed E-state index contributed by atoms with van der Waals surface area (Å²) in [6, 6.07) is 8.96. The molecule has 2 fully saturated rings. The lowest BCUT2D eigenvalue weighted by atomic mass is 10.1. The van der Waals surface area contributed by atoms with Crippen molar-refractivity contribution in [1.29, 1.82) is 0 Å². The second-order valence-electron chi connectivity index (χ2n) is 6.80. The lowest BCUT2D eigenvalue weighted by Crippen LogP contribution is -2.51. The second kappa shape index (κ2) is 12.0. The van der Waals surface area contributed by atoms with Crippen LogP contribution in [-0.2, 0) is 4.79 Å². The van der Waals surface area contributed by atoms with E-state index in [1.807, 2.05) is 28.8 Å². The number of piperazine rings is 1. The topological polar surface area (TPSA) is 44.8 Å². The standard InChI is InChI=1S/C19H29N3O2S.2ClH/c1-15(16-4-3-5-18(12-16)24-2)21-7-9-22(10-8-21)19(23)13-17-14-25-11-6-20-17;;/h3-5,12,15,17,20H,6-11,13-14H2,1-2H3;2*1H. The molecule has 2 aliphatic heterocycles. The smallest absolute Gasteiger partial charge is 0.224 e. The molecular formula is C19H31Cl2N3O2S. The Bertz CT molecular complexity index is 580. The highest BCUT2D eigenvalue weighted by Gasteiger charge is 2.26. The fourth-order valence-corrected chi connectivity index (χ4v) is 4.51. The number of amides is 1. The molecule has 0 saturated carbocycles. The van der Waals surface area contributed by atoms with Gasteiger partial charge in [-0.15, -0.1) is 24.8 Å². The fraction of sp³-hybridized carbons (Fsp3) is 0.632. The Morgan fingerprint density at radius 3 is 2.67 bits per heavy atom. The van der Waals surface area contributed by atoms with Crippen LogP contribution in [0.15, 0.2) is 24.3 Å². The molecule has 8 heteroatoms. The Morgan fingerprint density at radius 1 is 1.30 bits per heavy atom. The van der Waals surface area contributed by atoms with E-state index in [4.69, 9.17) is 4.74 Å². The van der Waals surface area contributed by atoms with E-state index in [9.17, 15) is 4.79 Å². The quantitative estimate of drug-likeness (QED) is 0.769. The van der Waals surface area contributed by atoms with Crippen LogP contribution in [0.25, 0.3) is 0 Å². The molecule has 0 aromatic heterocycles. The van der Waals surface area contributed by atoms with Gasteiger partial charge in [-0.05, 0) is 24.6 Å². The van der Waals surface area contributed by atoms with Crippen LogP contribution < -0.4 is 10.1 Å². The van der Waals surface area contributed by atoms with Gasteiger partial charge in [-0.1, -0.05) is 12.1 Å². The van der Waals surface area contributed by atoms with Gasteiger partial charge in [0.15, 0.2) is 0 Å². The SMILES string of the molecule is COc1cccc(C(C)N2CCN(C(=O)CC3CSCCN3)CC2)c1.Cl.Cl. The van der Waals surface area contributed by atoms with Crippen molar-refractivity contribution in [2.45, 2.75) is 25.4 Å². The number of hydrogen-bond donors (Lipinski definition) is 1. The van der Waals surface area contributed by atoms with Crippen LogP contribution in [0.1, 0.15) is 24.9 Å². The highest BCUT2D eigenvalue weighted by molar-refractivity contribution is 7.99. The van der Waals surface area contributed by atoms with Gasteiger partial charge < -0.3 is 15.0 Å². The van der Waals surface area contributed by atoms with E-state index in [0.29, 0.717) is 24.4 Å². The minimum Gasteiger partial charge on any atom is -0.497 e. The Morgan fingerprint density at radius 2 is 2.04 bits per heavy atom. The van der Waals surface area contributed by atoms with E-state index in [1.165, 1.54) is 5.56 Å². The minimum atomic E-state index is 0. The molecule has 2 atom stereocenters. The third-order valence-electron chi connectivity index (χ3n) is 5.21. The lowest BCUT2D eigenvalue weighted by Gasteiger charge is -2.39. The maximum absolute atomic E-state index is 12.5. The first kappa shape index (κ1) is 24.4. The van der Waals surface area contributed by atoms with Crippen LogP contribution in [0.4, 0.5) is 0 Å². The van der Waals surface area contributed by atoms with Crippen molar-refractivity contribution in [3.8, 4) is 5.75 Å². The van der Waals surface area contributed by atoms with E-state index in [2.05, 4.69) is 29.3 Å². The number of nitrogens with zero attached hydrogens (tertiary/aromatic N) is 2. The number of carbonyl (C=O) groups excluding carboxylic acids is 1. The molecule has 2 aliphatic rings. The molecule has 27 heavy (non-hydrogen) atoms. The molecule has 2 saturated heterocycles. The minimum absolute atomic E-state index is 0. The Hall–Kier alpha value is -0.660. The van der Waals surface area contributed by atoms with Crippen LogP contribution >= 0.6 is 36.6 Å². The summed E-state index contributed by atoms with van der Waals surface area (Å²) in [4.78, 5) is 17.0. The molecule has 0 spiro atoms. The molecule has 1 aromatic carbocycles. The predicted octanol–water partition coefficient (Wildman–Crippen LogP) is 2.84. The molecule has 1 aromatic rings. The maximum atomic E-state index is 12.5. The molecule has 3 rings (SSSR count). The van der Waals surface area contributed by atoms with E-state index < -0.39 is 0 Å². The third-order valence-corrected chi connectivity index (χ3v) is 6.34. The summed E-state index contributed by atoms with van der Waals surface area (Å²) in [5.74, 6) is 3.41. The summed E-state index contributed by atoms with van der Waals surface area (Å²) in [6.07, 6.45) is 0.637. The first-order valence-corrected chi connectivity index (χ1v) is 10.3. The van der Waals surface area contributed by atoms with Crippen LogP contribution in [-0.4, -0.2) is 73.1 Å². The molecule has 2 unspecified atom stereocenters. The number of carbonyl (C=O) groups is 1. The molecule has 0 bridgehead atoms.